The van der Waals surface area contributed by atoms with Crippen LogP contribution in [0.5, 0.6) is 0 Å². The molecule has 0 aliphatic heterocycles. The highest BCUT2D eigenvalue weighted by Gasteiger charge is 2.10. The molecular formula is C12H11N5O3. The molecule has 0 aliphatic rings. The third kappa shape index (κ3) is 3.42. The number of aromatic amines is 1. The van der Waals surface area contributed by atoms with Crippen molar-refractivity contribution in [2.45, 2.75) is 0 Å². The van der Waals surface area contributed by atoms with E-state index in [1.807, 2.05) is 0 Å². The van der Waals surface area contributed by atoms with Gasteiger partial charge in [0, 0.05) is 11.8 Å². The molecule has 0 atom stereocenters. The van der Waals surface area contributed by atoms with Gasteiger partial charge in [0.2, 0.25) is 11.8 Å². The Morgan fingerprint density at radius 2 is 2.20 bits per heavy atom. The number of hydrogen-bond donors (Lipinski definition) is 4. The van der Waals surface area contributed by atoms with Gasteiger partial charge in [0.1, 0.15) is 0 Å². The number of amides is 1. The topological polar surface area (TPSA) is 134 Å². The summed E-state index contributed by atoms with van der Waals surface area (Å²) in [5, 5.41) is 17.1. The normalized spacial score (nSPS) is 10.6. The predicted octanol–water partition coefficient (Wildman–Crippen LogP) is 0.737. The lowest BCUT2D eigenvalue weighted by molar-refractivity contribution is -0.131. The van der Waals surface area contributed by atoms with E-state index < -0.39 is 11.9 Å². The van der Waals surface area contributed by atoms with Crippen molar-refractivity contribution in [2.75, 3.05) is 11.1 Å². The van der Waals surface area contributed by atoms with Gasteiger partial charge in [-0.3, -0.25) is 9.89 Å². The molecule has 8 nitrogen and oxygen atoms in total. The fraction of sp³-hybridized carbons (Fsp3) is 0. The Bertz CT molecular complexity index is 677. The first-order valence-corrected chi connectivity index (χ1v) is 5.55. The Kier molecular flexibility index (Phi) is 3.75. The van der Waals surface area contributed by atoms with Crippen LogP contribution in [0.15, 0.2) is 30.3 Å². The van der Waals surface area contributed by atoms with E-state index >= 15 is 0 Å². The zero-order chi connectivity index (χ0) is 14.5. The standard InChI is InChI=1S/C12H11N5O3/c13-12-15-10(16-17-12)11(20)14-8-3-1-2-7(6-8)4-5-9(18)19/h1-6H,(H,14,20)(H,18,19)(H3,13,15,16,17)/b5-4+. The summed E-state index contributed by atoms with van der Waals surface area (Å²) in [4.78, 5) is 25.9. The largest absolute Gasteiger partial charge is 0.478 e. The highest BCUT2D eigenvalue weighted by Crippen LogP contribution is 2.12. The van der Waals surface area contributed by atoms with E-state index in [4.69, 9.17) is 10.8 Å². The minimum atomic E-state index is -1.04. The number of aliphatic carboxylic acids is 1. The molecule has 0 aliphatic carbocycles. The zero-order valence-electron chi connectivity index (χ0n) is 10.2. The van der Waals surface area contributed by atoms with Crippen molar-refractivity contribution in [3.05, 3.63) is 41.7 Å². The molecular weight excluding hydrogens is 262 g/mol. The first kappa shape index (κ1) is 13.3. The van der Waals surface area contributed by atoms with Crippen molar-refractivity contribution in [3.63, 3.8) is 0 Å². The number of nitrogen functional groups attached to an aromatic ring is 1. The van der Waals surface area contributed by atoms with Gasteiger partial charge in [0.05, 0.1) is 0 Å². The minimum absolute atomic E-state index is 0.00557. The van der Waals surface area contributed by atoms with Gasteiger partial charge < -0.3 is 16.2 Å². The number of nitrogens with one attached hydrogen (secondary N) is 2. The number of aromatic nitrogens is 3. The number of rotatable bonds is 4. The van der Waals surface area contributed by atoms with E-state index in [-0.39, 0.29) is 11.8 Å². The molecule has 20 heavy (non-hydrogen) atoms. The van der Waals surface area contributed by atoms with Crippen molar-refractivity contribution in [1.82, 2.24) is 15.2 Å². The lowest BCUT2D eigenvalue weighted by atomic mass is 10.2. The molecule has 1 aromatic heterocycles. The molecule has 0 fully saturated rings. The summed E-state index contributed by atoms with van der Waals surface area (Å²) in [6.45, 7) is 0. The Hall–Kier alpha value is -3.16. The van der Waals surface area contributed by atoms with Crippen LogP contribution in [0.2, 0.25) is 0 Å². The van der Waals surface area contributed by atoms with Crippen LogP contribution in [0.3, 0.4) is 0 Å². The number of carboxylic acid groups (broad SMARTS) is 1. The lowest BCUT2D eigenvalue weighted by Gasteiger charge is -2.03. The lowest BCUT2D eigenvalue weighted by Crippen LogP contribution is -2.13. The third-order valence-electron chi connectivity index (χ3n) is 2.28. The van der Waals surface area contributed by atoms with Gasteiger partial charge in [0.25, 0.3) is 5.91 Å². The van der Waals surface area contributed by atoms with Gasteiger partial charge in [-0.25, -0.2) is 4.79 Å². The number of hydrogen-bond acceptors (Lipinski definition) is 5. The fourth-order valence-electron chi connectivity index (χ4n) is 1.45. The number of anilines is 2. The Labute approximate surface area is 113 Å². The maximum absolute atomic E-state index is 11.8. The SMILES string of the molecule is Nc1n[nH]c(C(=O)Nc2cccc(/C=C/C(=O)O)c2)n1. The Morgan fingerprint density at radius 3 is 2.85 bits per heavy atom. The summed E-state index contributed by atoms with van der Waals surface area (Å²) in [6.07, 6.45) is 2.43. The van der Waals surface area contributed by atoms with E-state index in [0.717, 1.165) is 6.08 Å². The molecule has 0 bridgehead atoms. The van der Waals surface area contributed by atoms with Crippen LogP contribution >= 0.6 is 0 Å². The van der Waals surface area contributed by atoms with Crippen LogP contribution in [0, 0.1) is 0 Å². The molecule has 1 heterocycles. The molecule has 0 radical (unpaired) electrons. The van der Waals surface area contributed by atoms with Crippen LogP contribution in [0.4, 0.5) is 11.6 Å². The van der Waals surface area contributed by atoms with Gasteiger partial charge in [-0.1, -0.05) is 12.1 Å². The average molecular weight is 273 g/mol. The van der Waals surface area contributed by atoms with Gasteiger partial charge in [-0.05, 0) is 23.8 Å². The molecule has 0 saturated carbocycles. The van der Waals surface area contributed by atoms with Crippen LogP contribution in [-0.4, -0.2) is 32.2 Å². The van der Waals surface area contributed by atoms with Crippen molar-refractivity contribution in [1.29, 1.82) is 0 Å². The first-order valence-electron chi connectivity index (χ1n) is 5.55. The average Bonchev–Trinajstić information content (AvgIpc) is 2.84. The molecule has 0 saturated heterocycles. The van der Waals surface area contributed by atoms with Crippen molar-refractivity contribution in [2.24, 2.45) is 0 Å². The Balaban J connectivity index is 2.11. The number of benzene rings is 1. The molecule has 2 aromatic rings. The second kappa shape index (κ2) is 5.65. The monoisotopic (exact) mass is 273 g/mol. The van der Waals surface area contributed by atoms with Gasteiger partial charge in [-0.2, -0.15) is 4.98 Å². The third-order valence-corrected chi connectivity index (χ3v) is 2.28. The number of H-pyrrole nitrogens is 1. The number of nitrogens with two attached hydrogens (primary N) is 1. The molecule has 0 spiro atoms. The van der Waals surface area contributed by atoms with Crippen LogP contribution < -0.4 is 11.1 Å². The van der Waals surface area contributed by atoms with E-state index in [9.17, 15) is 9.59 Å². The van der Waals surface area contributed by atoms with Crippen molar-refractivity contribution in [3.8, 4) is 0 Å². The number of nitrogens with zero attached hydrogens (tertiary/aromatic N) is 2. The zero-order valence-corrected chi connectivity index (χ0v) is 10.2. The molecule has 1 amide bonds. The number of carbonyl (C=O) groups is 2. The van der Waals surface area contributed by atoms with Crippen LogP contribution in [-0.2, 0) is 4.79 Å². The van der Waals surface area contributed by atoms with Crippen LogP contribution in [0.1, 0.15) is 16.2 Å². The maximum atomic E-state index is 11.8. The first-order chi connectivity index (χ1) is 9.54. The van der Waals surface area contributed by atoms with Crippen molar-refractivity contribution < 1.29 is 14.7 Å². The van der Waals surface area contributed by atoms with Crippen LogP contribution in [0.25, 0.3) is 6.08 Å². The summed E-state index contributed by atoms with van der Waals surface area (Å²) < 4.78 is 0. The summed E-state index contributed by atoms with van der Waals surface area (Å²) in [7, 11) is 0. The van der Waals surface area contributed by atoms with E-state index in [0.29, 0.717) is 11.3 Å². The predicted molar refractivity (Wildman–Crippen MR) is 71.9 cm³/mol. The summed E-state index contributed by atoms with van der Waals surface area (Å²) >= 11 is 0. The summed E-state index contributed by atoms with van der Waals surface area (Å²) in [5.41, 5.74) is 6.44. The molecule has 102 valence electrons. The molecule has 5 N–H and O–H groups in total. The van der Waals surface area contributed by atoms with E-state index in [1.54, 1.807) is 24.3 Å². The van der Waals surface area contributed by atoms with Crippen molar-refractivity contribution >= 4 is 29.6 Å². The summed E-state index contributed by atoms with van der Waals surface area (Å²) in [6, 6.07) is 6.68. The second-order valence-corrected chi connectivity index (χ2v) is 3.79. The number of carboxylic acids is 1. The molecule has 0 unspecified atom stereocenters. The van der Waals surface area contributed by atoms with E-state index in [1.165, 1.54) is 6.08 Å². The highest BCUT2D eigenvalue weighted by molar-refractivity contribution is 6.01. The van der Waals surface area contributed by atoms with E-state index in [2.05, 4.69) is 20.5 Å². The quantitative estimate of drug-likeness (QED) is 0.607. The number of carbonyl (C=O) groups excluding carboxylic acids is 1. The van der Waals surface area contributed by atoms with Gasteiger partial charge >= 0.3 is 5.97 Å². The smallest absolute Gasteiger partial charge is 0.328 e. The summed E-state index contributed by atoms with van der Waals surface area (Å²) in [5.74, 6) is -1.56. The maximum Gasteiger partial charge on any atom is 0.328 e. The second-order valence-electron chi connectivity index (χ2n) is 3.79. The minimum Gasteiger partial charge on any atom is -0.478 e. The fourth-order valence-corrected chi connectivity index (χ4v) is 1.45. The van der Waals surface area contributed by atoms with Gasteiger partial charge in [-0.15, -0.1) is 5.10 Å². The molecule has 8 heteroatoms. The Morgan fingerprint density at radius 1 is 1.40 bits per heavy atom. The highest BCUT2D eigenvalue weighted by atomic mass is 16.4. The molecule has 2 rings (SSSR count). The van der Waals surface area contributed by atoms with Gasteiger partial charge in [0.15, 0.2) is 0 Å². The molecule has 1 aromatic carbocycles.